The first-order valence-electron chi connectivity index (χ1n) is 12.2. The minimum Gasteiger partial charge on any atom is -0.493 e. The number of rotatable bonds is 8. The van der Waals surface area contributed by atoms with E-state index < -0.39 is 17.4 Å². The van der Waals surface area contributed by atoms with Crippen LogP contribution in [0.5, 0.6) is 11.5 Å². The lowest BCUT2D eigenvalue weighted by molar-refractivity contribution is -0.136. The van der Waals surface area contributed by atoms with Crippen molar-refractivity contribution >= 4 is 34.8 Å². The van der Waals surface area contributed by atoms with Crippen LogP contribution in [-0.4, -0.2) is 34.0 Å². The predicted molar refractivity (Wildman–Crippen MR) is 154 cm³/mol. The zero-order valence-electron chi connectivity index (χ0n) is 22.4. The summed E-state index contributed by atoms with van der Waals surface area (Å²) in [5.74, 6) is -1.05. The molecule has 2 amide bonds. The number of hydrazone groups is 1. The summed E-state index contributed by atoms with van der Waals surface area (Å²) in [6, 6.07) is 21.5. The standard InChI is InChI=1S/C29H28ClN5O5/c1-18(21-12-15-24(25(16-21)39-4)40-17-20-10-13-22(30)14-11-20)32-33-28(37)27(36)31-26-19(2)34(3)35(29(26)38)23-8-6-5-7-9-23/h5-16H,17H2,1-4H3,(H,31,36)(H,33,37)/b32-18+. The summed E-state index contributed by atoms with van der Waals surface area (Å²) < 4.78 is 14.3. The van der Waals surface area contributed by atoms with E-state index in [0.29, 0.717) is 45.8 Å². The SMILES string of the molecule is COc1cc(/C(C)=N/NC(=O)C(=O)Nc2c(C)n(C)n(-c3ccccc3)c2=O)ccc1OCc1ccc(Cl)cc1. The summed E-state index contributed by atoms with van der Waals surface area (Å²) in [5, 5.41) is 7.09. The number of halogens is 1. The van der Waals surface area contributed by atoms with Crippen LogP contribution < -0.4 is 25.8 Å². The van der Waals surface area contributed by atoms with E-state index in [-0.39, 0.29) is 5.69 Å². The second-order valence-electron chi connectivity index (χ2n) is 8.81. The normalized spacial score (nSPS) is 11.2. The molecule has 0 saturated heterocycles. The molecule has 0 unspecified atom stereocenters. The van der Waals surface area contributed by atoms with Gasteiger partial charge in [0.25, 0.3) is 5.56 Å². The highest BCUT2D eigenvalue weighted by Gasteiger charge is 2.21. The van der Waals surface area contributed by atoms with Gasteiger partial charge in [-0.3, -0.25) is 19.1 Å². The Kier molecular flexibility index (Phi) is 8.70. The van der Waals surface area contributed by atoms with E-state index in [9.17, 15) is 14.4 Å². The van der Waals surface area contributed by atoms with Crippen LogP contribution in [0, 0.1) is 6.92 Å². The second kappa shape index (κ2) is 12.4. The van der Waals surface area contributed by atoms with Gasteiger partial charge >= 0.3 is 11.8 Å². The Bertz CT molecular complexity index is 1630. The fraction of sp³-hybridized carbons (Fsp3) is 0.172. The Balaban J connectivity index is 1.42. The number of amides is 2. The molecule has 0 radical (unpaired) electrons. The lowest BCUT2D eigenvalue weighted by Crippen LogP contribution is -2.34. The molecule has 1 heterocycles. The Morgan fingerprint density at radius 2 is 1.68 bits per heavy atom. The molecule has 2 N–H and O–H groups in total. The summed E-state index contributed by atoms with van der Waals surface area (Å²) in [6.07, 6.45) is 0. The van der Waals surface area contributed by atoms with Crippen LogP contribution in [0.15, 0.2) is 82.7 Å². The number of nitrogens with one attached hydrogen (secondary N) is 2. The number of hydrogen-bond acceptors (Lipinski definition) is 6. The third-order valence-electron chi connectivity index (χ3n) is 6.21. The summed E-state index contributed by atoms with van der Waals surface area (Å²) >= 11 is 5.93. The summed E-state index contributed by atoms with van der Waals surface area (Å²) in [4.78, 5) is 38.1. The van der Waals surface area contributed by atoms with E-state index in [0.717, 1.165) is 5.56 Å². The molecule has 1 aromatic heterocycles. The van der Waals surface area contributed by atoms with Gasteiger partial charge in [-0.25, -0.2) is 10.1 Å². The maximum atomic E-state index is 13.0. The maximum Gasteiger partial charge on any atom is 0.329 e. The number of para-hydroxylation sites is 1. The van der Waals surface area contributed by atoms with E-state index in [1.165, 1.54) is 11.8 Å². The number of methoxy groups -OCH3 is 1. The van der Waals surface area contributed by atoms with Crippen LogP contribution in [0.3, 0.4) is 0 Å². The van der Waals surface area contributed by atoms with Gasteiger partial charge in [0.1, 0.15) is 12.3 Å². The molecular weight excluding hydrogens is 534 g/mol. The van der Waals surface area contributed by atoms with Gasteiger partial charge in [-0.15, -0.1) is 0 Å². The third-order valence-corrected chi connectivity index (χ3v) is 6.47. The molecule has 0 aliphatic rings. The molecule has 0 atom stereocenters. The Labute approximate surface area is 235 Å². The van der Waals surface area contributed by atoms with Gasteiger partial charge in [0.2, 0.25) is 0 Å². The van der Waals surface area contributed by atoms with E-state index >= 15 is 0 Å². The molecule has 4 rings (SSSR count). The van der Waals surface area contributed by atoms with E-state index in [4.69, 9.17) is 21.1 Å². The molecule has 11 heteroatoms. The lowest BCUT2D eigenvalue weighted by Gasteiger charge is -2.12. The average Bonchev–Trinajstić information content (AvgIpc) is 3.18. The fourth-order valence-electron chi connectivity index (χ4n) is 3.89. The highest BCUT2D eigenvalue weighted by atomic mass is 35.5. The highest BCUT2D eigenvalue weighted by Crippen LogP contribution is 2.29. The van der Waals surface area contributed by atoms with E-state index in [1.807, 2.05) is 18.2 Å². The number of hydrogen-bond donors (Lipinski definition) is 2. The van der Waals surface area contributed by atoms with Crippen molar-refractivity contribution in [1.29, 1.82) is 0 Å². The van der Waals surface area contributed by atoms with Gasteiger partial charge in [0.15, 0.2) is 11.5 Å². The van der Waals surface area contributed by atoms with Gasteiger partial charge in [0.05, 0.1) is 24.2 Å². The number of nitrogens with zero attached hydrogens (tertiary/aromatic N) is 3. The van der Waals surface area contributed by atoms with Crippen molar-refractivity contribution in [2.75, 3.05) is 12.4 Å². The van der Waals surface area contributed by atoms with Gasteiger partial charge in [-0.2, -0.15) is 5.10 Å². The molecule has 0 saturated carbocycles. The Morgan fingerprint density at radius 1 is 0.975 bits per heavy atom. The number of carbonyl (C=O) groups excluding carboxylic acids is 2. The van der Waals surface area contributed by atoms with Crippen molar-refractivity contribution in [3.63, 3.8) is 0 Å². The van der Waals surface area contributed by atoms with Crippen LogP contribution >= 0.6 is 11.6 Å². The molecule has 0 spiro atoms. The topological polar surface area (TPSA) is 116 Å². The summed E-state index contributed by atoms with van der Waals surface area (Å²) in [6.45, 7) is 3.66. The Hall–Kier alpha value is -4.83. The van der Waals surface area contributed by atoms with Gasteiger partial charge in [-0.05, 0) is 61.9 Å². The second-order valence-corrected chi connectivity index (χ2v) is 9.25. The first-order chi connectivity index (χ1) is 19.2. The lowest BCUT2D eigenvalue weighted by atomic mass is 10.1. The molecule has 4 aromatic rings. The summed E-state index contributed by atoms with van der Waals surface area (Å²) in [5.41, 5.74) is 4.90. The minimum atomic E-state index is -1.02. The van der Waals surface area contributed by atoms with Crippen molar-refractivity contribution in [3.05, 3.63) is 105 Å². The third kappa shape index (κ3) is 6.24. The van der Waals surface area contributed by atoms with Crippen LogP contribution in [0.4, 0.5) is 5.69 Å². The maximum absolute atomic E-state index is 13.0. The molecule has 3 aromatic carbocycles. The summed E-state index contributed by atoms with van der Waals surface area (Å²) in [7, 11) is 3.21. The quantitative estimate of drug-likeness (QED) is 0.190. The van der Waals surface area contributed by atoms with Crippen molar-refractivity contribution < 1.29 is 19.1 Å². The number of anilines is 1. The first-order valence-corrected chi connectivity index (χ1v) is 12.6. The van der Waals surface area contributed by atoms with Gasteiger partial charge < -0.3 is 14.8 Å². The molecule has 0 aliphatic carbocycles. The van der Waals surface area contributed by atoms with Crippen LogP contribution in [0.1, 0.15) is 23.7 Å². The minimum absolute atomic E-state index is 0.00568. The van der Waals surface area contributed by atoms with Crippen molar-refractivity contribution in [1.82, 2.24) is 14.8 Å². The average molecular weight is 562 g/mol. The zero-order chi connectivity index (χ0) is 28.8. The molecule has 206 valence electrons. The van der Waals surface area contributed by atoms with Crippen molar-refractivity contribution in [3.8, 4) is 17.2 Å². The molecular formula is C29H28ClN5O5. The van der Waals surface area contributed by atoms with Crippen LogP contribution in [0.25, 0.3) is 5.69 Å². The van der Waals surface area contributed by atoms with E-state index in [1.54, 1.807) is 80.2 Å². The first kappa shape index (κ1) is 28.2. The predicted octanol–water partition coefficient (Wildman–Crippen LogP) is 4.20. The number of carbonyl (C=O) groups is 2. The number of benzene rings is 3. The van der Waals surface area contributed by atoms with Crippen LogP contribution in [0.2, 0.25) is 5.02 Å². The van der Waals surface area contributed by atoms with Crippen molar-refractivity contribution in [2.45, 2.75) is 20.5 Å². The van der Waals surface area contributed by atoms with E-state index in [2.05, 4.69) is 15.8 Å². The number of aromatic nitrogens is 2. The molecule has 0 aliphatic heterocycles. The highest BCUT2D eigenvalue weighted by molar-refractivity contribution is 6.39. The Morgan fingerprint density at radius 3 is 2.35 bits per heavy atom. The monoisotopic (exact) mass is 561 g/mol. The molecule has 0 fully saturated rings. The van der Waals surface area contributed by atoms with Gasteiger partial charge in [-0.1, -0.05) is 41.9 Å². The largest absolute Gasteiger partial charge is 0.493 e. The zero-order valence-corrected chi connectivity index (χ0v) is 23.2. The molecule has 10 nitrogen and oxygen atoms in total. The molecule has 0 bridgehead atoms. The fourth-order valence-corrected chi connectivity index (χ4v) is 4.01. The van der Waals surface area contributed by atoms with Crippen molar-refractivity contribution in [2.24, 2.45) is 12.1 Å². The molecule has 40 heavy (non-hydrogen) atoms. The van der Waals surface area contributed by atoms with Gasteiger partial charge in [0, 0.05) is 17.6 Å². The smallest absolute Gasteiger partial charge is 0.329 e. The number of ether oxygens (including phenoxy) is 2. The van der Waals surface area contributed by atoms with Crippen LogP contribution in [-0.2, 0) is 23.2 Å².